The van der Waals surface area contributed by atoms with Crippen LogP contribution in [0, 0.1) is 0 Å². The second-order valence-corrected chi connectivity index (χ2v) is 3.85. The van der Waals surface area contributed by atoms with E-state index in [0.29, 0.717) is 24.3 Å². The van der Waals surface area contributed by atoms with Gasteiger partial charge in [-0.3, -0.25) is 0 Å². The fourth-order valence-electron chi connectivity index (χ4n) is 1.30. The van der Waals surface area contributed by atoms with Crippen molar-refractivity contribution in [3.63, 3.8) is 0 Å². The van der Waals surface area contributed by atoms with E-state index in [2.05, 4.69) is 0 Å². The number of carbonyl (C=O) groups excluding carboxylic acids is 2. The van der Waals surface area contributed by atoms with E-state index in [9.17, 15) is 9.59 Å². The Morgan fingerprint density at radius 2 is 1.16 bits per heavy atom. The first-order valence-corrected chi connectivity index (χ1v) is 6.13. The first-order valence-electron chi connectivity index (χ1n) is 6.13. The molecule has 100 valence electrons. The van der Waals surface area contributed by atoms with Gasteiger partial charge in [-0.2, -0.15) is 0 Å². The minimum atomic E-state index is -0.370. The van der Waals surface area contributed by atoms with E-state index in [4.69, 9.17) is 9.47 Å². The normalized spacial score (nSPS) is 9.37. The van der Waals surface area contributed by atoms with Gasteiger partial charge in [0.25, 0.3) is 0 Å². The van der Waals surface area contributed by atoms with Crippen LogP contribution in [-0.2, 0) is 9.47 Å². The van der Waals surface area contributed by atoms with Gasteiger partial charge in [-0.15, -0.1) is 0 Å². The van der Waals surface area contributed by atoms with Crippen molar-refractivity contribution in [2.75, 3.05) is 13.2 Å². The van der Waals surface area contributed by atoms with E-state index in [1.54, 1.807) is 24.3 Å². The fraction of sp³-hybridized carbons (Fsp3) is 0.429. The third kappa shape index (κ3) is 6.67. The molecule has 0 unspecified atom stereocenters. The Labute approximate surface area is 156 Å². The summed E-state index contributed by atoms with van der Waals surface area (Å²) in [6.07, 6.45) is 1.57. The zero-order valence-corrected chi connectivity index (χ0v) is 10.8. The van der Waals surface area contributed by atoms with Gasteiger partial charge in [-0.05, 0) is 37.1 Å². The summed E-state index contributed by atoms with van der Waals surface area (Å²) in [6, 6.07) is 6.28. The molecule has 0 bridgehead atoms. The van der Waals surface area contributed by atoms with Gasteiger partial charge in [0.1, 0.15) is 0 Å². The van der Waals surface area contributed by atoms with Gasteiger partial charge in [-0.25, -0.2) is 9.59 Å². The van der Waals surface area contributed by atoms with E-state index >= 15 is 0 Å². The number of hydrogen-bond acceptors (Lipinski definition) is 4. The molecular formula is C14H19KO4. The van der Waals surface area contributed by atoms with E-state index in [-0.39, 0.29) is 63.3 Å². The quantitative estimate of drug-likeness (QED) is 0.595. The van der Waals surface area contributed by atoms with Gasteiger partial charge >= 0.3 is 63.3 Å². The molecule has 0 fully saturated rings. The summed E-state index contributed by atoms with van der Waals surface area (Å²) in [5, 5.41) is 0. The standard InChI is InChI=1S/C14H18O4.K.H/c1-3-9-17-13(15)11-5-7-12(8-6-11)14(16)18-10-4-2;;/h5-8H,3-4,9-10H2,1-2H3;;. The van der Waals surface area contributed by atoms with E-state index < -0.39 is 0 Å². The van der Waals surface area contributed by atoms with Gasteiger partial charge in [-0.1, -0.05) is 13.8 Å². The summed E-state index contributed by atoms with van der Waals surface area (Å²) in [5.41, 5.74) is 0.881. The van der Waals surface area contributed by atoms with Crippen molar-refractivity contribution < 1.29 is 19.1 Å². The van der Waals surface area contributed by atoms with Crippen LogP contribution < -0.4 is 0 Å². The molecule has 1 aromatic carbocycles. The van der Waals surface area contributed by atoms with Crippen molar-refractivity contribution in [1.82, 2.24) is 0 Å². The molecular weight excluding hydrogens is 271 g/mol. The predicted octanol–water partition coefficient (Wildman–Crippen LogP) is 2.17. The van der Waals surface area contributed by atoms with Crippen LogP contribution in [0.1, 0.15) is 47.4 Å². The summed E-state index contributed by atoms with van der Waals surface area (Å²) in [5.74, 6) is -0.740. The molecule has 1 aromatic rings. The third-order valence-electron chi connectivity index (χ3n) is 2.23. The van der Waals surface area contributed by atoms with Crippen molar-refractivity contribution in [3.05, 3.63) is 35.4 Å². The second kappa shape index (κ2) is 10.6. The number of hydrogen-bond donors (Lipinski definition) is 0. The number of rotatable bonds is 6. The zero-order valence-electron chi connectivity index (χ0n) is 10.8. The summed E-state index contributed by atoms with van der Waals surface area (Å²) in [7, 11) is 0. The van der Waals surface area contributed by atoms with E-state index in [0.717, 1.165) is 12.8 Å². The molecule has 0 saturated carbocycles. The molecule has 0 radical (unpaired) electrons. The number of ether oxygens (including phenoxy) is 2. The van der Waals surface area contributed by atoms with Crippen molar-refractivity contribution in [1.29, 1.82) is 0 Å². The first kappa shape index (κ1) is 18.8. The van der Waals surface area contributed by atoms with Crippen LogP contribution in [0.5, 0.6) is 0 Å². The monoisotopic (exact) mass is 290 g/mol. The molecule has 0 aromatic heterocycles. The second-order valence-electron chi connectivity index (χ2n) is 3.85. The van der Waals surface area contributed by atoms with Crippen molar-refractivity contribution >= 4 is 63.3 Å². The van der Waals surface area contributed by atoms with Crippen molar-refractivity contribution in [2.24, 2.45) is 0 Å². The molecule has 0 N–H and O–H groups in total. The Hall–Kier alpha value is -0.204. The molecule has 19 heavy (non-hydrogen) atoms. The SMILES string of the molecule is CCCOC(=O)c1ccc(C(=O)OCCC)cc1.[KH]. The Bertz CT molecular complexity index is 361. The molecule has 0 aliphatic heterocycles. The minimum absolute atomic E-state index is 0. The summed E-state index contributed by atoms with van der Waals surface area (Å²) in [6.45, 7) is 4.67. The molecule has 0 heterocycles. The molecule has 0 amide bonds. The van der Waals surface area contributed by atoms with Crippen molar-refractivity contribution in [2.45, 2.75) is 26.7 Å². The zero-order chi connectivity index (χ0) is 13.4. The molecule has 4 nitrogen and oxygen atoms in total. The van der Waals surface area contributed by atoms with Crippen LogP contribution in [0.2, 0.25) is 0 Å². The average Bonchev–Trinajstić information content (AvgIpc) is 2.42. The van der Waals surface area contributed by atoms with Gasteiger partial charge in [0.05, 0.1) is 24.3 Å². The summed E-state index contributed by atoms with van der Waals surface area (Å²) < 4.78 is 9.97. The topological polar surface area (TPSA) is 52.6 Å². The maximum atomic E-state index is 11.5. The summed E-state index contributed by atoms with van der Waals surface area (Å²) >= 11 is 0. The number of esters is 2. The molecule has 0 spiro atoms. The van der Waals surface area contributed by atoms with Gasteiger partial charge in [0.15, 0.2) is 0 Å². The van der Waals surface area contributed by atoms with Gasteiger partial charge in [0.2, 0.25) is 0 Å². The Morgan fingerprint density at radius 1 is 0.842 bits per heavy atom. The van der Waals surface area contributed by atoms with Crippen LogP contribution in [-0.4, -0.2) is 76.5 Å². The average molecular weight is 290 g/mol. The summed E-state index contributed by atoms with van der Waals surface area (Å²) in [4.78, 5) is 23.0. The Kier molecular flexibility index (Phi) is 10.5. The van der Waals surface area contributed by atoms with Crippen LogP contribution in [0.15, 0.2) is 24.3 Å². The molecule has 0 aliphatic carbocycles. The third-order valence-corrected chi connectivity index (χ3v) is 2.23. The molecule has 0 saturated heterocycles. The number of carbonyl (C=O) groups is 2. The van der Waals surface area contributed by atoms with Gasteiger partial charge in [0, 0.05) is 0 Å². The van der Waals surface area contributed by atoms with Crippen LogP contribution in [0.4, 0.5) is 0 Å². The van der Waals surface area contributed by atoms with Gasteiger partial charge < -0.3 is 9.47 Å². The molecule has 5 heteroatoms. The van der Waals surface area contributed by atoms with E-state index in [1.165, 1.54) is 0 Å². The molecule has 0 atom stereocenters. The predicted molar refractivity (Wildman–Crippen MR) is 74.7 cm³/mol. The number of benzene rings is 1. The molecule has 1 rings (SSSR count). The van der Waals surface area contributed by atoms with Crippen molar-refractivity contribution in [3.8, 4) is 0 Å². The Morgan fingerprint density at radius 3 is 1.42 bits per heavy atom. The Balaban J connectivity index is 0.00000324. The fourth-order valence-corrected chi connectivity index (χ4v) is 1.30. The first-order chi connectivity index (χ1) is 8.69. The van der Waals surface area contributed by atoms with E-state index in [1.807, 2.05) is 13.8 Å². The van der Waals surface area contributed by atoms with Crippen LogP contribution in [0.25, 0.3) is 0 Å². The molecule has 0 aliphatic rings. The van der Waals surface area contributed by atoms with Crippen LogP contribution in [0.3, 0.4) is 0 Å². The van der Waals surface area contributed by atoms with Crippen LogP contribution >= 0.6 is 0 Å². The maximum absolute atomic E-state index is 11.5.